The number of rotatable bonds is 2. The van der Waals surface area contributed by atoms with Gasteiger partial charge in [0.05, 0.1) is 0 Å². The van der Waals surface area contributed by atoms with Crippen LogP contribution in [0.5, 0.6) is 5.75 Å². The number of para-hydroxylation sites is 1. The molecule has 0 saturated carbocycles. The Balaban J connectivity index is 2.07. The van der Waals surface area contributed by atoms with E-state index in [0.29, 0.717) is 5.75 Å². The Morgan fingerprint density at radius 2 is 2.29 bits per heavy atom. The highest BCUT2D eigenvalue weighted by molar-refractivity contribution is 5.23. The molecule has 1 aromatic carbocycles. The third kappa shape index (κ3) is 1.86. The Kier molecular flexibility index (Phi) is 2.65. The first-order chi connectivity index (χ1) is 6.77. The highest BCUT2D eigenvalue weighted by atomic mass is 19.1. The fourth-order valence-corrected chi connectivity index (χ4v) is 1.43. The zero-order chi connectivity index (χ0) is 9.97. The van der Waals surface area contributed by atoms with Crippen LogP contribution in [0.15, 0.2) is 24.3 Å². The number of ether oxygens (including phenoxy) is 1. The molecule has 0 aromatic heterocycles. The summed E-state index contributed by atoms with van der Waals surface area (Å²) in [6.45, 7) is 1.79. The highest BCUT2D eigenvalue weighted by Crippen LogP contribution is 2.17. The summed E-state index contributed by atoms with van der Waals surface area (Å²) in [7, 11) is 1.94. The maximum absolute atomic E-state index is 13.2. The summed E-state index contributed by atoms with van der Waals surface area (Å²) in [5.74, 6) is -0.0339. The third-order valence-corrected chi connectivity index (χ3v) is 2.26. The van der Waals surface area contributed by atoms with Gasteiger partial charge < -0.3 is 4.74 Å². The normalized spacial score (nSPS) is 22.6. The van der Waals surface area contributed by atoms with Crippen molar-refractivity contribution >= 4 is 0 Å². The summed E-state index contributed by atoms with van der Waals surface area (Å²) >= 11 is 0. The lowest BCUT2D eigenvalue weighted by atomic mass is 10.3. The smallest absolute Gasteiger partial charge is 0.209 e. The molecule has 1 aromatic rings. The molecule has 76 valence electrons. The molecule has 1 N–H and O–H groups in total. The lowest BCUT2D eigenvalue weighted by Crippen LogP contribution is -2.38. The van der Waals surface area contributed by atoms with Gasteiger partial charge in [-0.05, 0) is 19.2 Å². The highest BCUT2D eigenvalue weighted by Gasteiger charge is 2.22. The minimum Gasteiger partial charge on any atom is -0.459 e. The van der Waals surface area contributed by atoms with Crippen LogP contribution in [0.3, 0.4) is 0 Å². The number of benzene rings is 1. The van der Waals surface area contributed by atoms with Crippen molar-refractivity contribution in [2.75, 3.05) is 20.1 Å². The standard InChI is InChI=1S/C10H13FN2O/c1-13-7-6-12-10(13)14-9-5-3-2-4-8(9)11/h2-5,10,12H,6-7H2,1H3. The molecule has 1 aliphatic rings. The quantitative estimate of drug-likeness (QED) is 0.764. The first-order valence-corrected chi connectivity index (χ1v) is 4.62. The molecule has 1 atom stereocenters. The molecular weight excluding hydrogens is 183 g/mol. The van der Waals surface area contributed by atoms with E-state index >= 15 is 0 Å². The average molecular weight is 196 g/mol. The molecular formula is C10H13FN2O. The van der Waals surface area contributed by atoms with Gasteiger partial charge in [0.1, 0.15) is 0 Å². The van der Waals surface area contributed by atoms with E-state index in [1.807, 2.05) is 11.9 Å². The molecule has 0 radical (unpaired) electrons. The van der Waals surface area contributed by atoms with Crippen LogP contribution in [0.25, 0.3) is 0 Å². The van der Waals surface area contributed by atoms with Crippen LogP contribution < -0.4 is 10.1 Å². The molecule has 1 heterocycles. The zero-order valence-corrected chi connectivity index (χ0v) is 8.03. The van der Waals surface area contributed by atoms with E-state index in [0.717, 1.165) is 13.1 Å². The molecule has 3 nitrogen and oxygen atoms in total. The van der Waals surface area contributed by atoms with Crippen LogP contribution in [-0.2, 0) is 0 Å². The van der Waals surface area contributed by atoms with Crippen molar-refractivity contribution in [1.29, 1.82) is 0 Å². The van der Waals surface area contributed by atoms with Crippen LogP contribution >= 0.6 is 0 Å². The Morgan fingerprint density at radius 1 is 1.50 bits per heavy atom. The van der Waals surface area contributed by atoms with Gasteiger partial charge >= 0.3 is 0 Å². The molecule has 1 saturated heterocycles. The van der Waals surface area contributed by atoms with Crippen LogP contribution in [0.2, 0.25) is 0 Å². The molecule has 14 heavy (non-hydrogen) atoms. The largest absolute Gasteiger partial charge is 0.459 e. The Morgan fingerprint density at radius 3 is 2.93 bits per heavy atom. The third-order valence-electron chi connectivity index (χ3n) is 2.26. The summed E-state index contributed by atoms with van der Waals surface area (Å²) in [6.07, 6.45) is -0.216. The van der Waals surface area contributed by atoms with Gasteiger partial charge in [-0.2, -0.15) is 0 Å². The van der Waals surface area contributed by atoms with Gasteiger partial charge in [0.25, 0.3) is 0 Å². The van der Waals surface area contributed by atoms with Gasteiger partial charge in [0, 0.05) is 13.1 Å². The van der Waals surface area contributed by atoms with Crippen LogP contribution in [0, 0.1) is 5.82 Å². The molecule has 4 heteroatoms. The number of likely N-dealkylation sites (N-methyl/N-ethyl adjacent to an activating group) is 1. The maximum Gasteiger partial charge on any atom is 0.209 e. The predicted molar refractivity (Wildman–Crippen MR) is 51.4 cm³/mol. The number of nitrogens with one attached hydrogen (secondary N) is 1. The molecule has 1 fully saturated rings. The lowest BCUT2D eigenvalue weighted by molar-refractivity contribution is 0.0601. The van der Waals surface area contributed by atoms with Gasteiger partial charge in [-0.1, -0.05) is 12.1 Å². The van der Waals surface area contributed by atoms with Gasteiger partial charge in [0.15, 0.2) is 11.6 Å². The van der Waals surface area contributed by atoms with Crippen LogP contribution in [0.4, 0.5) is 4.39 Å². The second-order valence-corrected chi connectivity index (χ2v) is 3.34. The first-order valence-electron chi connectivity index (χ1n) is 4.62. The van der Waals surface area contributed by atoms with Crippen LogP contribution in [-0.4, -0.2) is 31.4 Å². The van der Waals surface area contributed by atoms with E-state index in [2.05, 4.69) is 5.32 Å². The van der Waals surface area contributed by atoms with Crippen molar-refractivity contribution in [3.05, 3.63) is 30.1 Å². The van der Waals surface area contributed by atoms with E-state index in [1.165, 1.54) is 6.07 Å². The number of hydrogen-bond donors (Lipinski definition) is 1. The van der Waals surface area contributed by atoms with Crippen molar-refractivity contribution in [3.63, 3.8) is 0 Å². The summed E-state index contributed by atoms with van der Waals surface area (Å²) < 4.78 is 18.7. The number of nitrogens with zero attached hydrogens (tertiary/aromatic N) is 1. The summed E-state index contributed by atoms with van der Waals surface area (Å²) in [5, 5.41) is 3.12. The Bertz CT molecular complexity index is 319. The van der Waals surface area contributed by atoms with Crippen molar-refractivity contribution in [1.82, 2.24) is 10.2 Å². The Labute approximate surface area is 82.5 Å². The molecule has 0 spiro atoms. The minimum absolute atomic E-state index is 0.216. The molecule has 1 aliphatic heterocycles. The predicted octanol–water partition coefficient (Wildman–Crippen LogP) is 1.02. The fraction of sp³-hybridized carbons (Fsp3) is 0.400. The first kappa shape index (κ1) is 9.43. The fourth-order valence-electron chi connectivity index (χ4n) is 1.43. The van der Waals surface area contributed by atoms with E-state index in [4.69, 9.17) is 4.74 Å². The maximum atomic E-state index is 13.2. The van der Waals surface area contributed by atoms with Gasteiger partial charge in [-0.15, -0.1) is 0 Å². The molecule has 0 aliphatic carbocycles. The molecule has 2 rings (SSSR count). The summed E-state index contributed by atoms with van der Waals surface area (Å²) in [5.41, 5.74) is 0. The lowest BCUT2D eigenvalue weighted by Gasteiger charge is -2.20. The van der Waals surface area contributed by atoms with Crippen molar-refractivity contribution in [3.8, 4) is 5.75 Å². The molecule has 0 bridgehead atoms. The zero-order valence-electron chi connectivity index (χ0n) is 8.03. The summed E-state index contributed by atoms with van der Waals surface area (Å²) in [4.78, 5) is 1.99. The number of hydrogen-bond acceptors (Lipinski definition) is 3. The Hall–Kier alpha value is -1.13. The van der Waals surface area contributed by atoms with E-state index in [1.54, 1.807) is 18.2 Å². The number of halogens is 1. The molecule has 1 unspecified atom stereocenters. The van der Waals surface area contributed by atoms with Crippen molar-refractivity contribution in [2.45, 2.75) is 6.35 Å². The minimum atomic E-state index is -0.324. The van der Waals surface area contributed by atoms with Crippen molar-refractivity contribution in [2.24, 2.45) is 0 Å². The monoisotopic (exact) mass is 196 g/mol. The van der Waals surface area contributed by atoms with Gasteiger partial charge in [-0.25, -0.2) is 4.39 Å². The van der Waals surface area contributed by atoms with Gasteiger partial charge in [-0.3, -0.25) is 10.2 Å². The SMILES string of the molecule is CN1CCNC1Oc1ccccc1F. The van der Waals surface area contributed by atoms with E-state index in [9.17, 15) is 4.39 Å². The molecule has 0 amide bonds. The average Bonchev–Trinajstić information content (AvgIpc) is 2.56. The van der Waals surface area contributed by atoms with E-state index < -0.39 is 0 Å². The van der Waals surface area contributed by atoms with Crippen LogP contribution in [0.1, 0.15) is 0 Å². The summed E-state index contributed by atoms with van der Waals surface area (Å²) in [6, 6.07) is 6.43. The van der Waals surface area contributed by atoms with Crippen molar-refractivity contribution < 1.29 is 9.13 Å². The topological polar surface area (TPSA) is 24.5 Å². The van der Waals surface area contributed by atoms with E-state index in [-0.39, 0.29) is 12.2 Å². The second-order valence-electron chi connectivity index (χ2n) is 3.34. The second kappa shape index (κ2) is 3.94. The van der Waals surface area contributed by atoms with Gasteiger partial charge in [0.2, 0.25) is 6.35 Å².